The number of carboxylic acids is 1. The van der Waals surface area contributed by atoms with Crippen LogP contribution in [0, 0.1) is 0 Å². The maximum Gasteiger partial charge on any atom is 0.345 e. The summed E-state index contributed by atoms with van der Waals surface area (Å²) in [6.07, 6.45) is -0.696. The van der Waals surface area contributed by atoms with Crippen LogP contribution in [0.4, 0.5) is 0 Å². The van der Waals surface area contributed by atoms with Gasteiger partial charge in [-0.2, -0.15) is 0 Å². The van der Waals surface area contributed by atoms with E-state index in [2.05, 4.69) is 0 Å². The Labute approximate surface area is 127 Å². The molecular formula is C16H15ClO4. The Hall–Kier alpha value is -2.20. The van der Waals surface area contributed by atoms with Crippen molar-refractivity contribution in [1.82, 2.24) is 0 Å². The number of carboxylic acid groups (broad SMARTS) is 1. The van der Waals surface area contributed by atoms with Crippen LogP contribution < -0.4 is 9.47 Å². The van der Waals surface area contributed by atoms with E-state index in [1.54, 1.807) is 55.6 Å². The van der Waals surface area contributed by atoms with E-state index in [0.29, 0.717) is 16.5 Å². The van der Waals surface area contributed by atoms with Gasteiger partial charge in [0.1, 0.15) is 11.5 Å². The first-order valence-corrected chi connectivity index (χ1v) is 6.74. The predicted molar refractivity (Wildman–Crippen MR) is 80.2 cm³/mol. The third-order valence-corrected chi connectivity index (χ3v) is 3.20. The van der Waals surface area contributed by atoms with Gasteiger partial charge in [-0.1, -0.05) is 23.7 Å². The SMILES string of the molecule is COc1ccc(OC(Cc2ccc(Cl)cc2)C(=O)O)cc1. The maximum absolute atomic E-state index is 11.3. The molecule has 0 aliphatic heterocycles. The summed E-state index contributed by atoms with van der Waals surface area (Å²) in [5.41, 5.74) is 0.848. The van der Waals surface area contributed by atoms with E-state index in [1.807, 2.05) is 0 Å². The number of hydrogen-bond donors (Lipinski definition) is 1. The highest BCUT2D eigenvalue weighted by Gasteiger charge is 2.20. The molecule has 0 radical (unpaired) electrons. The Morgan fingerprint density at radius 2 is 1.67 bits per heavy atom. The third kappa shape index (κ3) is 4.39. The Kier molecular flexibility index (Phi) is 5.06. The summed E-state index contributed by atoms with van der Waals surface area (Å²) in [6.45, 7) is 0. The summed E-state index contributed by atoms with van der Waals surface area (Å²) in [4.78, 5) is 11.3. The topological polar surface area (TPSA) is 55.8 Å². The summed E-state index contributed by atoms with van der Waals surface area (Å²) >= 11 is 5.81. The van der Waals surface area contributed by atoms with Crippen molar-refractivity contribution in [3.8, 4) is 11.5 Å². The van der Waals surface area contributed by atoms with Gasteiger partial charge in [-0.05, 0) is 42.0 Å². The second-order valence-electron chi connectivity index (χ2n) is 4.45. The molecule has 2 aromatic rings. The number of benzene rings is 2. The van der Waals surface area contributed by atoms with Crippen molar-refractivity contribution < 1.29 is 19.4 Å². The standard InChI is InChI=1S/C16H15ClO4/c1-20-13-6-8-14(9-7-13)21-15(16(18)19)10-11-2-4-12(17)5-3-11/h2-9,15H,10H2,1H3,(H,18,19). The molecule has 0 heterocycles. The second kappa shape index (κ2) is 6.99. The lowest BCUT2D eigenvalue weighted by Gasteiger charge is -2.15. The molecule has 0 saturated heterocycles. The van der Waals surface area contributed by atoms with Gasteiger partial charge in [0.2, 0.25) is 0 Å². The number of carbonyl (C=O) groups is 1. The smallest absolute Gasteiger partial charge is 0.345 e. The van der Waals surface area contributed by atoms with Crippen LogP contribution in [0.5, 0.6) is 11.5 Å². The highest BCUT2D eigenvalue weighted by molar-refractivity contribution is 6.30. The van der Waals surface area contributed by atoms with E-state index in [-0.39, 0.29) is 6.42 Å². The van der Waals surface area contributed by atoms with Crippen LogP contribution in [0.15, 0.2) is 48.5 Å². The molecule has 2 aromatic carbocycles. The molecule has 0 aromatic heterocycles. The average Bonchev–Trinajstić information content (AvgIpc) is 2.49. The van der Waals surface area contributed by atoms with E-state index in [9.17, 15) is 9.90 Å². The highest BCUT2D eigenvalue weighted by Crippen LogP contribution is 2.20. The zero-order valence-electron chi connectivity index (χ0n) is 11.5. The van der Waals surface area contributed by atoms with Crippen LogP contribution in [-0.4, -0.2) is 24.3 Å². The van der Waals surface area contributed by atoms with Crippen molar-refractivity contribution in [2.45, 2.75) is 12.5 Å². The molecule has 0 aliphatic rings. The molecule has 0 bridgehead atoms. The minimum Gasteiger partial charge on any atom is -0.497 e. The fraction of sp³-hybridized carbons (Fsp3) is 0.188. The van der Waals surface area contributed by atoms with Crippen molar-refractivity contribution in [1.29, 1.82) is 0 Å². The van der Waals surface area contributed by atoms with E-state index >= 15 is 0 Å². The first-order chi connectivity index (χ1) is 10.1. The van der Waals surface area contributed by atoms with Gasteiger partial charge in [-0.15, -0.1) is 0 Å². The molecule has 110 valence electrons. The van der Waals surface area contributed by atoms with Crippen molar-refractivity contribution in [2.75, 3.05) is 7.11 Å². The Morgan fingerprint density at radius 3 is 2.19 bits per heavy atom. The van der Waals surface area contributed by atoms with Crippen molar-refractivity contribution >= 4 is 17.6 Å². The van der Waals surface area contributed by atoms with Crippen molar-refractivity contribution in [3.63, 3.8) is 0 Å². The summed E-state index contributed by atoms with van der Waals surface area (Å²) in [6, 6.07) is 13.8. The molecule has 0 amide bonds. The summed E-state index contributed by atoms with van der Waals surface area (Å²) in [5.74, 6) is 0.157. The van der Waals surface area contributed by atoms with Crippen LogP contribution in [0.3, 0.4) is 0 Å². The number of halogens is 1. The molecule has 0 spiro atoms. The van der Waals surface area contributed by atoms with Gasteiger partial charge < -0.3 is 14.6 Å². The summed E-state index contributed by atoms with van der Waals surface area (Å²) in [7, 11) is 1.57. The number of methoxy groups -OCH3 is 1. The fourth-order valence-corrected chi connectivity index (χ4v) is 1.96. The molecule has 2 rings (SSSR count). The third-order valence-electron chi connectivity index (χ3n) is 2.95. The molecule has 0 aliphatic carbocycles. The lowest BCUT2D eigenvalue weighted by atomic mass is 10.1. The van der Waals surface area contributed by atoms with E-state index in [4.69, 9.17) is 21.1 Å². The normalized spacial score (nSPS) is 11.7. The number of aliphatic carboxylic acids is 1. The molecule has 1 N–H and O–H groups in total. The van der Waals surface area contributed by atoms with Gasteiger partial charge in [0.15, 0.2) is 6.10 Å². The Morgan fingerprint density at radius 1 is 1.10 bits per heavy atom. The molecule has 1 unspecified atom stereocenters. The average molecular weight is 307 g/mol. The van der Waals surface area contributed by atoms with Gasteiger partial charge in [-0.25, -0.2) is 4.79 Å². The van der Waals surface area contributed by atoms with Crippen LogP contribution in [0.1, 0.15) is 5.56 Å². The van der Waals surface area contributed by atoms with Gasteiger partial charge in [-0.3, -0.25) is 0 Å². The van der Waals surface area contributed by atoms with E-state index in [1.165, 1.54) is 0 Å². The number of ether oxygens (including phenoxy) is 2. The molecule has 1 atom stereocenters. The van der Waals surface area contributed by atoms with Crippen LogP contribution in [0.2, 0.25) is 5.02 Å². The lowest BCUT2D eigenvalue weighted by Crippen LogP contribution is -2.29. The monoisotopic (exact) mass is 306 g/mol. The Balaban J connectivity index is 2.07. The molecule has 4 nitrogen and oxygen atoms in total. The van der Waals surface area contributed by atoms with Crippen molar-refractivity contribution in [2.24, 2.45) is 0 Å². The molecule has 0 saturated carbocycles. The molecule has 0 fully saturated rings. The number of hydrogen-bond acceptors (Lipinski definition) is 3. The second-order valence-corrected chi connectivity index (χ2v) is 4.89. The van der Waals surface area contributed by atoms with E-state index in [0.717, 1.165) is 5.56 Å². The van der Waals surface area contributed by atoms with Crippen molar-refractivity contribution in [3.05, 3.63) is 59.1 Å². The quantitative estimate of drug-likeness (QED) is 0.888. The maximum atomic E-state index is 11.3. The summed E-state index contributed by atoms with van der Waals surface area (Å²) in [5, 5.41) is 9.89. The van der Waals surface area contributed by atoms with Gasteiger partial charge in [0.25, 0.3) is 0 Å². The first kappa shape index (κ1) is 15.2. The van der Waals surface area contributed by atoms with Gasteiger partial charge in [0, 0.05) is 11.4 Å². The van der Waals surface area contributed by atoms with Crippen LogP contribution in [-0.2, 0) is 11.2 Å². The largest absolute Gasteiger partial charge is 0.497 e. The summed E-state index contributed by atoms with van der Waals surface area (Å²) < 4.78 is 10.6. The van der Waals surface area contributed by atoms with Gasteiger partial charge >= 0.3 is 5.97 Å². The number of rotatable bonds is 6. The minimum atomic E-state index is -1.01. The fourth-order valence-electron chi connectivity index (χ4n) is 1.83. The minimum absolute atomic E-state index is 0.262. The lowest BCUT2D eigenvalue weighted by molar-refractivity contribution is -0.145. The van der Waals surface area contributed by atoms with E-state index < -0.39 is 12.1 Å². The molecule has 5 heteroatoms. The van der Waals surface area contributed by atoms with Gasteiger partial charge in [0.05, 0.1) is 7.11 Å². The van der Waals surface area contributed by atoms with Crippen LogP contribution in [0.25, 0.3) is 0 Å². The zero-order chi connectivity index (χ0) is 15.2. The first-order valence-electron chi connectivity index (χ1n) is 6.36. The molecular weight excluding hydrogens is 292 g/mol. The zero-order valence-corrected chi connectivity index (χ0v) is 12.2. The highest BCUT2D eigenvalue weighted by atomic mass is 35.5. The predicted octanol–water partition coefficient (Wildman–Crippen LogP) is 3.42. The Bertz CT molecular complexity index is 593. The molecule has 21 heavy (non-hydrogen) atoms. The van der Waals surface area contributed by atoms with Crippen LogP contribution >= 0.6 is 11.6 Å².